The van der Waals surface area contributed by atoms with Crippen LogP contribution >= 0.6 is 12.4 Å². The first-order valence-electron chi connectivity index (χ1n) is 7.80. The second kappa shape index (κ2) is 7.28. The van der Waals surface area contributed by atoms with Gasteiger partial charge >= 0.3 is 0 Å². The lowest BCUT2D eigenvalue weighted by Crippen LogP contribution is -2.36. The number of hydrogen-bond donors (Lipinski definition) is 1. The molecule has 0 radical (unpaired) electrons. The maximum absolute atomic E-state index is 12.5. The molecule has 2 saturated carbocycles. The molecule has 2 aliphatic rings. The summed E-state index contributed by atoms with van der Waals surface area (Å²) in [6.07, 6.45) is 5.60. The van der Waals surface area contributed by atoms with Crippen LogP contribution in [0.25, 0.3) is 0 Å². The Balaban J connectivity index is 0.00000161. The third-order valence-corrected chi connectivity index (χ3v) is 4.33. The van der Waals surface area contributed by atoms with E-state index in [1.165, 1.54) is 25.7 Å². The van der Waals surface area contributed by atoms with E-state index in [4.69, 9.17) is 5.73 Å². The summed E-state index contributed by atoms with van der Waals surface area (Å²) in [5, 5.41) is 0. The topological polar surface area (TPSA) is 46.3 Å². The average molecular weight is 309 g/mol. The molecule has 1 aromatic carbocycles. The highest BCUT2D eigenvalue weighted by atomic mass is 35.5. The van der Waals surface area contributed by atoms with Gasteiger partial charge in [-0.25, -0.2) is 0 Å². The van der Waals surface area contributed by atoms with Crippen LogP contribution in [0.15, 0.2) is 30.3 Å². The van der Waals surface area contributed by atoms with Crippen LogP contribution in [0.2, 0.25) is 0 Å². The van der Waals surface area contributed by atoms with Crippen molar-refractivity contribution in [3.8, 4) is 0 Å². The quantitative estimate of drug-likeness (QED) is 0.841. The number of carbonyl (C=O) groups excluding carboxylic acids is 1. The summed E-state index contributed by atoms with van der Waals surface area (Å²) < 4.78 is 0. The fourth-order valence-electron chi connectivity index (χ4n) is 2.64. The van der Waals surface area contributed by atoms with Crippen molar-refractivity contribution in [1.82, 2.24) is 4.90 Å². The Morgan fingerprint density at radius 1 is 1.10 bits per heavy atom. The molecule has 0 bridgehead atoms. The maximum Gasteiger partial charge on any atom is 0.224 e. The maximum atomic E-state index is 12.5. The summed E-state index contributed by atoms with van der Waals surface area (Å²) in [5.41, 5.74) is 7.23. The van der Waals surface area contributed by atoms with Gasteiger partial charge in [-0.3, -0.25) is 4.79 Å². The molecule has 0 spiro atoms. The fraction of sp³-hybridized carbons (Fsp3) is 0.588. The van der Waals surface area contributed by atoms with Gasteiger partial charge in [0.25, 0.3) is 0 Å². The summed E-state index contributed by atoms with van der Waals surface area (Å²) in [4.78, 5) is 14.6. The molecule has 1 amide bonds. The molecule has 4 heteroatoms. The lowest BCUT2D eigenvalue weighted by atomic mass is 10.0. The first-order chi connectivity index (χ1) is 9.72. The summed E-state index contributed by atoms with van der Waals surface area (Å²) >= 11 is 0. The van der Waals surface area contributed by atoms with Gasteiger partial charge in [-0.05, 0) is 43.1 Å². The van der Waals surface area contributed by atoms with Gasteiger partial charge in [-0.1, -0.05) is 30.3 Å². The van der Waals surface area contributed by atoms with Gasteiger partial charge in [0.15, 0.2) is 0 Å². The molecule has 0 saturated heterocycles. The van der Waals surface area contributed by atoms with Gasteiger partial charge in [0, 0.05) is 25.6 Å². The van der Waals surface area contributed by atoms with E-state index in [0.29, 0.717) is 6.42 Å². The standard InChI is InChI=1S/C17H24N2O.ClH/c18-16(15-4-2-1-3-5-15)10-17(20)19(11-13-6-7-13)12-14-8-9-14;/h1-5,13-14,16H,6-12,18H2;1H. The van der Waals surface area contributed by atoms with E-state index in [2.05, 4.69) is 4.90 Å². The Bertz CT molecular complexity index is 443. The molecule has 3 rings (SSSR count). The Morgan fingerprint density at radius 3 is 2.10 bits per heavy atom. The van der Waals surface area contributed by atoms with Crippen LogP contribution in [0.5, 0.6) is 0 Å². The van der Waals surface area contributed by atoms with Gasteiger partial charge in [0.2, 0.25) is 5.91 Å². The molecule has 3 nitrogen and oxygen atoms in total. The first-order valence-corrected chi connectivity index (χ1v) is 7.80. The Hall–Kier alpha value is -1.06. The smallest absolute Gasteiger partial charge is 0.224 e. The van der Waals surface area contributed by atoms with Crippen molar-refractivity contribution in [3.05, 3.63) is 35.9 Å². The fourth-order valence-corrected chi connectivity index (χ4v) is 2.64. The van der Waals surface area contributed by atoms with Gasteiger partial charge < -0.3 is 10.6 Å². The predicted molar refractivity (Wildman–Crippen MR) is 87.3 cm³/mol. The van der Waals surface area contributed by atoms with Crippen molar-refractivity contribution in [1.29, 1.82) is 0 Å². The van der Waals surface area contributed by atoms with Crippen LogP contribution in [0.3, 0.4) is 0 Å². The van der Waals surface area contributed by atoms with E-state index in [1.807, 2.05) is 30.3 Å². The third kappa shape index (κ3) is 5.01. The van der Waals surface area contributed by atoms with Crippen LogP contribution in [0.4, 0.5) is 0 Å². The van der Waals surface area contributed by atoms with Crippen LogP contribution in [-0.4, -0.2) is 23.9 Å². The highest BCUT2D eigenvalue weighted by molar-refractivity contribution is 5.85. The first kappa shape index (κ1) is 16.3. The van der Waals surface area contributed by atoms with E-state index in [-0.39, 0.29) is 24.4 Å². The number of hydrogen-bond acceptors (Lipinski definition) is 2. The molecule has 2 N–H and O–H groups in total. The van der Waals surface area contributed by atoms with Gasteiger partial charge in [-0.2, -0.15) is 0 Å². The molecule has 1 atom stereocenters. The van der Waals surface area contributed by atoms with Crippen molar-refractivity contribution in [2.45, 2.75) is 38.1 Å². The number of nitrogens with zero attached hydrogens (tertiary/aromatic N) is 1. The number of rotatable bonds is 7. The van der Waals surface area contributed by atoms with Crippen molar-refractivity contribution < 1.29 is 4.79 Å². The van der Waals surface area contributed by atoms with Crippen LogP contribution in [-0.2, 0) is 4.79 Å². The molecule has 1 aromatic rings. The minimum atomic E-state index is -0.176. The molecule has 0 aromatic heterocycles. The zero-order valence-corrected chi connectivity index (χ0v) is 13.2. The molecule has 2 fully saturated rings. The van der Waals surface area contributed by atoms with E-state index in [1.54, 1.807) is 0 Å². The molecule has 2 aliphatic carbocycles. The molecule has 21 heavy (non-hydrogen) atoms. The van der Waals surface area contributed by atoms with Crippen molar-refractivity contribution in [3.63, 3.8) is 0 Å². The zero-order valence-electron chi connectivity index (χ0n) is 12.4. The largest absolute Gasteiger partial charge is 0.342 e. The van der Waals surface area contributed by atoms with Crippen LogP contribution < -0.4 is 5.73 Å². The highest BCUT2D eigenvalue weighted by Crippen LogP contribution is 2.34. The Kier molecular flexibility index (Phi) is 5.65. The Morgan fingerprint density at radius 2 is 1.62 bits per heavy atom. The second-order valence-electron chi connectivity index (χ2n) is 6.41. The average Bonchev–Trinajstić information content (AvgIpc) is 3.34. The van der Waals surface area contributed by atoms with Crippen molar-refractivity contribution in [2.24, 2.45) is 17.6 Å². The third-order valence-electron chi connectivity index (χ3n) is 4.33. The summed E-state index contributed by atoms with van der Waals surface area (Å²) in [6, 6.07) is 9.76. The highest BCUT2D eigenvalue weighted by Gasteiger charge is 2.31. The summed E-state index contributed by atoms with van der Waals surface area (Å²) in [6.45, 7) is 1.91. The van der Waals surface area contributed by atoms with E-state index in [0.717, 1.165) is 30.5 Å². The molecule has 116 valence electrons. The van der Waals surface area contributed by atoms with Crippen molar-refractivity contribution >= 4 is 18.3 Å². The molecular formula is C17H25ClN2O. The number of carbonyl (C=O) groups is 1. The van der Waals surface area contributed by atoms with Gasteiger partial charge in [-0.15, -0.1) is 12.4 Å². The minimum absolute atomic E-state index is 0. The summed E-state index contributed by atoms with van der Waals surface area (Å²) in [5.74, 6) is 1.75. The minimum Gasteiger partial charge on any atom is -0.342 e. The van der Waals surface area contributed by atoms with Crippen LogP contribution in [0.1, 0.15) is 43.7 Å². The SMILES string of the molecule is Cl.NC(CC(=O)N(CC1CC1)CC1CC1)c1ccccc1. The molecule has 0 aliphatic heterocycles. The van der Waals surface area contributed by atoms with Crippen molar-refractivity contribution in [2.75, 3.05) is 13.1 Å². The number of halogens is 1. The zero-order chi connectivity index (χ0) is 13.9. The van der Waals surface area contributed by atoms with E-state index >= 15 is 0 Å². The molecular weight excluding hydrogens is 284 g/mol. The normalized spacial score (nSPS) is 18.7. The molecule has 0 heterocycles. The molecule has 1 unspecified atom stereocenters. The van der Waals surface area contributed by atoms with Gasteiger partial charge in [0.1, 0.15) is 0 Å². The predicted octanol–water partition coefficient (Wildman–Crippen LogP) is 3.15. The number of amides is 1. The lowest BCUT2D eigenvalue weighted by molar-refractivity contribution is -0.132. The number of benzene rings is 1. The second-order valence-corrected chi connectivity index (χ2v) is 6.41. The number of nitrogens with two attached hydrogens (primary N) is 1. The van der Waals surface area contributed by atoms with E-state index in [9.17, 15) is 4.79 Å². The van der Waals surface area contributed by atoms with E-state index < -0.39 is 0 Å². The summed E-state index contributed by atoms with van der Waals surface area (Å²) in [7, 11) is 0. The van der Waals surface area contributed by atoms with Gasteiger partial charge in [0.05, 0.1) is 0 Å². The monoisotopic (exact) mass is 308 g/mol. The van der Waals surface area contributed by atoms with Crippen LogP contribution in [0, 0.1) is 11.8 Å². The Labute approximate surface area is 133 Å². The lowest BCUT2D eigenvalue weighted by Gasteiger charge is -2.24.